The Morgan fingerprint density at radius 2 is 2.18 bits per heavy atom. The molecule has 22 heavy (non-hydrogen) atoms. The zero-order chi connectivity index (χ0) is 15.7. The summed E-state index contributed by atoms with van der Waals surface area (Å²) in [5, 5.41) is 13.5. The van der Waals surface area contributed by atoms with Crippen molar-refractivity contribution in [3.05, 3.63) is 34.5 Å². The van der Waals surface area contributed by atoms with Crippen LogP contribution in [0.25, 0.3) is 11.1 Å². The Kier molecular flexibility index (Phi) is 3.85. The monoisotopic (exact) mass is 317 g/mol. The number of fused-ring (bicyclic) bond motifs is 1. The van der Waals surface area contributed by atoms with Crippen molar-refractivity contribution in [2.75, 3.05) is 5.32 Å². The lowest BCUT2D eigenvalue weighted by Gasteiger charge is -2.23. The number of carbonyl (C=O) groups excluding carboxylic acids is 1. The Bertz CT molecular complexity index is 737. The predicted octanol–water partition coefficient (Wildman–Crippen LogP) is 3.15. The van der Waals surface area contributed by atoms with Crippen LogP contribution in [0.4, 0.5) is 5.69 Å². The van der Waals surface area contributed by atoms with Crippen LogP contribution in [0.5, 0.6) is 5.75 Å². The van der Waals surface area contributed by atoms with E-state index in [0.29, 0.717) is 17.9 Å². The molecule has 2 N–H and O–H groups in total. The second kappa shape index (κ2) is 5.81. The summed E-state index contributed by atoms with van der Waals surface area (Å²) in [6.07, 6.45) is 0.177. The van der Waals surface area contributed by atoms with Crippen molar-refractivity contribution in [2.45, 2.75) is 25.9 Å². The van der Waals surface area contributed by atoms with Gasteiger partial charge in [-0.15, -0.1) is 11.3 Å². The average molecular weight is 317 g/mol. The second-order valence-corrected chi connectivity index (χ2v) is 6.15. The maximum atomic E-state index is 11.7. The third kappa shape index (κ3) is 2.96. The lowest BCUT2D eigenvalue weighted by Crippen LogP contribution is -2.34. The Morgan fingerprint density at radius 1 is 1.36 bits per heavy atom. The number of hydrogen-bond donors (Lipinski definition) is 2. The maximum Gasteiger partial charge on any atom is 0.303 e. The SMILES string of the molecule is CC1Oc2ccc(-c3csc(CCC(=O)O)c3)cc2NC1=O. The second-order valence-electron chi connectivity index (χ2n) is 5.16. The normalized spacial score (nSPS) is 16.6. The van der Waals surface area contributed by atoms with Gasteiger partial charge >= 0.3 is 5.97 Å². The molecule has 2 aromatic rings. The van der Waals surface area contributed by atoms with Gasteiger partial charge in [0.1, 0.15) is 5.75 Å². The van der Waals surface area contributed by atoms with Crippen molar-refractivity contribution in [3.8, 4) is 16.9 Å². The highest BCUT2D eigenvalue weighted by molar-refractivity contribution is 7.10. The van der Waals surface area contributed by atoms with E-state index in [1.54, 1.807) is 18.3 Å². The van der Waals surface area contributed by atoms with Crippen LogP contribution in [0.2, 0.25) is 0 Å². The molecule has 1 amide bonds. The molecule has 2 heterocycles. The number of carbonyl (C=O) groups is 2. The van der Waals surface area contributed by atoms with Crippen LogP contribution in [0.1, 0.15) is 18.2 Å². The van der Waals surface area contributed by atoms with E-state index >= 15 is 0 Å². The highest BCUT2D eigenvalue weighted by Gasteiger charge is 2.23. The Hall–Kier alpha value is -2.34. The molecule has 1 aliphatic heterocycles. The van der Waals surface area contributed by atoms with Gasteiger partial charge in [-0.05, 0) is 48.1 Å². The van der Waals surface area contributed by atoms with Gasteiger partial charge in [-0.3, -0.25) is 9.59 Å². The fourth-order valence-corrected chi connectivity index (χ4v) is 3.18. The fraction of sp³-hybridized carbons (Fsp3) is 0.250. The molecule has 0 fully saturated rings. The van der Waals surface area contributed by atoms with Gasteiger partial charge in [-0.1, -0.05) is 6.07 Å². The number of hydrogen-bond acceptors (Lipinski definition) is 4. The minimum atomic E-state index is -0.794. The minimum Gasteiger partial charge on any atom is -0.481 e. The molecular formula is C16H15NO4S. The first kappa shape index (κ1) is 14.6. The van der Waals surface area contributed by atoms with Gasteiger partial charge in [0, 0.05) is 4.88 Å². The zero-order valence-corrected chi connectivity index (χ0v) is 12.8. The standard InChI is InChI=1S/C16H15NO4S/c1-9-16(20)17-13-7-10(2-4-14(13)21-9)11-6-12(22-8-11)3-5-15(18)19/h2,4,6-9H,3,5H2,1H3,(H,17,20)(H,18,19). The number of rotatable bonds is 4. The summed E-state index contributed by atoms with van der Waals surface area (Å²) in [6, 6.07) is 7.65. The van der Waals surface area contributed by atoms with Gasteiger partial charge in [-0.25, -0.2) is 0 Å². The summed E-state index contributed by atoms with van der Waals surface area (Å²) in [4.78, 5) is 23.3. The molecule has 114 valence electrons. The van der Waals surface area contributed by atoms with Crippen LogP contribution in [0.3, 0.4) is 0 Å². The van der Waals surface area contributed by atoms with Crippen LogP contribution in [-0.2, 0) is 16.0 Å². The molecule has 0 aliphatic carbocycles. The van der Waals surface area contributed by atoms with Crippen LogP contribution in [0.15, 0.2) is 29.6 Å². The number of aryl methyl sites for hydroxylation is 1. The van der Waals surface area contributed by atoms with Crippen molar-refractivity contribution in [1.82, 2.24) is 0 Å². The number of anilines is 1. The summed E-state index contributed by atoms with van der Waals surface area (Å²) in [7, 11) is 0. The number of benzene rings is 1. The van der Waals surface area contributed by atoms with Crippen LogP contribution in [0, 0.1) is 0 Å². The number of ether oxygens (including phenoxy) is 1. The Balaban J connectivity index is 1.82. The van der Waals surface area contributed by atoms with E-state index in [-0.39, 0.29) is 12.3 Å². The first-order chi connectivity index (χ1) is 10.5. The highest BCUT2D eigenvalue weighted by Crippen LogP contribution is 2.35. The maximum absolute atomic E-state index is 11.7. The van der Waals surface area contributed by atoms with E-state index in [0.717, 1.165) is 16.0 Å². The number of amides is 1. The molecule has 1 unspecified atom stereocenters. The van der Waals surface area contributed by atoms with Crippen molar-refractivity contribution in [3.63, 3.8) is 0 Å². The van der Waals surface area contributed by atoms with E-state index in [2.05, 4.69) is 5.32 Å². The molecule has 0 saturated carbocycles. The zero-order valence-electron chi connectivity index (χ0n) is 12.0. The predicted molar refractivity (Wildman–Crippen MR) is 84.4 cm³/mol. The number of carboxylic acid groups (broad SMARTS) is 1. The first-order valence-corrected chi connectivity index (χ1v) is 7.82. The molecule has 1 aromatic heterocycles. The third-order valence-corrected chi connectivity index (χ3v) is 4.48. The molecule has 6 heteroatoms. The van der Waals surface area contributed by atoms with E-state index < -0.39 is 12.1 Å². The molecule has 1 aliphatic rings. The largest absolute Gasteiger partial charge is 0.481 e. The van der Waals surface area contributed by atoms with E-state index in [1.807, 2.05) is 29.6 Å². The van der Waals surface area contributed by atoms with Gasteiger partial charge < -0.3 is 15.2 Å². The number of thiophene rings is 1. The fourth-order valence-electron chi connectivity index (χ4n) is 2.28. The van der Waals surface area contributed by atoms with Crippen molar-refractivity contribution < 1.29 is 19.4 Å². The smallest absolute Gasteiger partial charge is 0.303 e. The third-order valence-electron chi connectivity index (χ3n) is 3.48. The lowest BCUT2D eigenvalue weighted by molar-refractivity contribution is -0.137. The van der Waals surface area contributed by atoms with Crippen LogP contribution in [-0.4, -0.2) is 23.1 Å². The summed E-state index contributed by atoms with van der Waals surface area (Å²) in [6.45, 7) is 1.71. The van der Waals surface area contributed by atoms with Gasteiger partial charge in [0.2, 0.25) is 0 Å². The van der Waals surface area contributed by atoms with Crippen LogP contribution >= 0.6 is 11.3 Å². The lowest BCUT2D eigenvalue weighted by atomic mass is 10.1. The first-order valence-electron chi connectivity index (χ1n) is 6.94. The average Bonchev–Trinajstić information content (AvgIpc) is 2.95. The van der Waals surface area contributed by atoms with Crippen LogP contribution < -0.4 is 10.1 Å². The number of carboxylic acids is 1. The Morgan fingerprint density at radius 3 is 2.95 bits per heavy atom. The Labute approximate surface area is 131 Å². The molecule has 5 nitrogen and oxygen atoms in total. The van der Waals surface area contributed by atoms with Gasteiger partial charge in [-0.2, -0.15) is 0 Å². The number of aliphatic carboxylic acids is 1. The van der Waals surface area contributed by atoms with Crippen molar-refractivity contribution in [2.24, 2.45) is 0 Å². The highest BCUT2D eigenvalue weighted by atomic mass is 32.1. The van der Waals surface area contributed by atoms with E-state index in [9.17, 15) is 9.59 Å². The molecule has 0 bridgehead atoms. The van der Waals surface area contributed by atoms with Crippen molar-refractivity contribution >= 4 is 28.9 Å². The topological polar surface area (TPSA) is 75.6 Å². The number of nitrogens with one attached hydrogen (secondary N) is 1. The molecule has 1 aromatic carbocycles. The molecular weight excluding hydrogens is 302 g/mol. The molecule has 0 spiro atoms. The van der Waals surface area contributed by atoms with E-state index in [4.69, 9.17) is 9.84 Å². The van der Waals surface area contributed by atoms with Gasteiger partial charge in [0.25, 0.3) is 5.91 Å². The van der Waals surface area contributed by atoms with Gasteiger partial charge in [0.15, 0.2) is 6.10 Å². The summed E-state index contributed by atoms with van der Waals surface area (Å²) >= 11 is 1.54. The molecule has 0 radical (unpaired) electrons. The van der Waals surface area contributed by atoms with E-state index in [1.165, 1.54) is 0 Å². The molecule has 1 atom stereocenters. The summed E-state index contributed by atoms with van der Waals surface area (Å²) < 4.78 is 5.53. The quantitative estimate of drug-likeness (QED) is 0.908. The molecule has 3 rings (SSSR count). The van der Waals surface area contributed by atoms with Crippen molar-refractivity contribution in [1.29, 1.82) is 0 Å². The van der Waals surface area contributed by atoms with Gasteiger partial charge in [0.05, 0.1) is 12.1 Å². The summed E-state index contributed by atoms with van der Waals surface area (Å²) in [5.74, 6) is -0.285. The molecule has 0 saturated heterocycles. The minimum absolute atomic E-state index is 0.131. The summed E-state index contributed by atoms with van der Waals surface area (Å²) in [5.41, 5.74) is 2.65.